The topological polar surface area (TPSA) is 92.7 Å². The number of rotatable bonds is 4. The van der Waals surface area contributed by atoms with Gasteiger partial charge in [0.1, 0.15) is 10.3 Å². The van der Waals surface area contributed by atoms with Gasteiger partial charge >= 0.3 is 6.09 Å². The lowest BCUT2D eigenvalue weighted by Gasteiger charge is -2.36. The quantitative estimate of drug-likeness (QED) is 0.766. The molecular formula is C16H25NO5S. The Morgan fingerprint density at radius 2 is 2.09 bits per heavy atom. The van der Waals surface area contributed by atoms with Crippen molar-refractivity contribution in [3.8, 4) is 0 Å². The van der Waals surface area contributed by atoms with Crippen molar-refractivity contribution < 1.29 is 22.5 Å². The van der Waals surface area contributed by atoms with E-state index < -0.39 is 32.6 Å². The van der Waals surface area contributed by atoms with E-state index in [0.717, 1.165) is 6.42 Å². The lowest BCUT2D eigenvalue weighted by atomic mass is 9.88. The number of carbonyl (C=O) groups excluding carboxylic acids is 1. The second kappa shape index (κ2) is 6.88. The Hall–Kier alpha value is -1.60. The maximum absolute atomic E-state index is 12.1. The minimum Gasteiger partial charge on any atom is -0.444 e. The van der Waals surface area contributed by atoms with E-state index in [2.05, 4.69) is 5.32 Å². The summed E-state index contributed by atoms with van der Waals surface area (Å²) in [6.07, 6.45) is 8.19. The Morgan fingerprint density at radius 3 is 2.57 bits per heavy atom. The Bertz CT molecular complexity index is 640. The number of amides is 1. The zero-order chi connectivity index (χ0) is 17.9. The van der Waals surface area contributed by atoms with E-state index in [9.17, 15) is 17.8 Å². The van der Waals surface area contributed by atoms with Crippen molar-refractivity contribution in [1.82, 2.24) is 5.32 Å². The van der Waals surface area contributed by atoms with Gasteiger partial charge in [0.2, 0.25) is 0 Å². The Morgan fingerprint density at radius 1 is 1.48 bits per heavy atom. The van der Waals surface area contributed by atoms with Crippen molar-refractivity contribution in [2.75, 3.05) is 0 Å². The van der Waals surface area contributed by atoms with Crippen LogP contribution >= 0.6 is 0 Å². The molecule has 0 aliphatic heterocycles. The Balaban J connectivity index is 3.20. The largest absolute Gasteiger partial charge is 0.444 e. The fraction of sp³-hybridized carbons (Fsp3) is 0.562. The Kier molecular flexibility index (Phi) is 5.82. The van der Waals surface area contributed by atoms with Crippen molar-refractivity contribution >= 4 is 16.2 Å². The summed E-state index contributed by atoms with van der Waals surface area (Å²) in [7, 11) is -4.45. The van der Waals surface area contributed by atoms with E-state index in [0.29, 0.717) is 5.57 Å². The molecule has 2 atom stereocenters. The van der Waals surface area contributed by atoms with Gasteiger partial charge in [-0.3, -0.25) is 4.55 Å². The van der Waals surface area contributed by atoms with Crippen molar-refractivity contribution in [2.24, 2.45) is 0 Å². The van der Waals surface area contributed by atoms with Crippen LogP contribution in [0.2, 0.25) is 0 Å². The average molecular weight is 343 g/mol. The van der Waals surface area contributed by atoms with Crippen LogP contribution in [-0.2, 0) is 14.9 Å². The highest BCUT2D eigenvalue weighted by Gasteiger charge is 2.47. The zero-order valence-electron chi connectivity index (χ0n) is 14.2. The van der Waals surface area contributed by atoms with Crippen molar-refractivity contribution in [2.45, 2.75) is 57.4 Å². The molecule has 0 saturated carbocycles. The lowest BCUT2D eigenvalue weighted by molar-refractivity contribution is 0.0506. The third-order valence-electron chi connectivity index (χ3n) is 3.39. The summed E-state index contributed by atoms with van der Waals surface area (Å²) >= 11 is 0. The van der Waals surface area contributed by atoms with E-state index in [4.69, 9.17) is 4.74 Å². The van der Waals surface area contributed by atoms with Crippen LogP contribution in [-0.4, -0.2) is 35.5 Å². The fourth-order valence-electron chi connectivity index (χ4n) is 2.17. The molecule has 0 radical (unpaired) electrons. The molecule has 130 valence electrons. The number of ether oxygens (including phenoxy) is 1. The number of hydrogen-bond acceptors (Lipinski definition) is 4. The zero-order valence-corrected chi connectivity index (χ0v) is 15.0. The maximum atomic E-state index is 12.1. The molecule has 1 aliphatic rings. The SMILES string of the molecule is CCC=CC1=CC=CC(C)(S(=O)(=O)O)[C@H]1NC(=O)OC(C)(C)C. The van der Waals surface area contributed by atoms with Gasteiger partial charge in [-0.05, 0) is 39.7 Å². The van der Waals surface area contributed by atoms with Crippen LogP contribution in [0, 0.1) is 0 Å². The number of carbonyl (C=O) groups is 1. The predicted octanol–water partition coefficient (Wildman–Crippen LogP) is 2.99. The summed E-state index contributed by atoms with van der Waals surface area (Å²) in [5, 5.41) is 2.56. The van der Waals surface area contributed by atoms with Crippen molar-refractivity contribution in [3.05, 3.63) is 36.0 Å². The smallest absolute Gasteiger partial charge is 0.408 e. The molecule has 0 aromatic carbocycles. The first kappa shape index (κ1) is 19.4. The first-order chi connectivity index (χ1) is 10.4. The van der Waals surface area contributed by atoms with E-state index in [1.165, 1.54) is 13.0 Å². The normalized spacial score (nSPS) is 25.3. The maximum Gasteiger partial charge on any atom is 0.408 e. The highest BCUT2D eigenvalue weighted by Crippen LogP contribution is 2.31. The second-order valence-corrected chi connectivity index (χ2v) is 8.40. The van der Waals surface area contributed by atoms with Crippen LogP contribution in [0.25, 0.3) is 0 Å². The standard InChI is InChI=1S/C16H25NO5S/c1-6-7-9-12-10-8-11-16(5,23(19,20)21)13(12)17-14(18)22-15(2,3)4/h7-11,13H,6H2,1-5H3,(H,17,18)(H,19,20,21)/t13-,16?/m0/s1. The van der Waals surface area contributed by atoms with Crippen LogP contribution < -0.4 is 5.32 Å². The summed E-state index contributed by atoms with van der Waals surface area (Å²) in [4.78, 5) is 12.1. The molecule has 23 heavy (non-hydrogen) atoms. The van der Waals surface area contributed by atoms with Gasteiger partial charge in [-0.15, -0.1) is 0 Å². The summed E-state index contributed by atoms with van der Waals surface area (Å²) in [5.74, 6) is 0. The van der Waals surface area contributed by atoms with E-state index in [-0.39, 0.29) is 0 Å². The number of allylic oxidation sites excluding steroid dienone is 3. The predicted molar refractivity (Wildman–Crippen MR) is 89.8 cm³/mol. The Labute approximate surface area is 138 Å². The summed E-state index contributed by atoms with van der Waals surface area (Å²) in [6.45, 7) is 8.43. The highest BCUT2D eigenvalue weighted by molar-refractivity contribution is 7.87. The van der Waals surface area contributed by atoms with E-state index in [1.54, 1.807) is 39.0 Å². The first-order valence-corrected chi connectivity index (χ1v) is 8.87. The van der Waals surface area contributed by atoms with Crippen LogP contribution in [0.4, 0.5) is 4.79 Å². The number of hydrogen-bond donors (Lipinski definition) is 2. The molecule has 0 saturated heterocycles. The highest BCUT2D eigenvalue weighted by atomic mass is 32.2. The molecule has 0 heterocycles. The van der Waals surface area contributed by atoms with Gasteiger partial charge in [0.05, 0.1) is 6.04 Å². The monoisotopic (exact) mass is 343 g/mol. The molecule has 2 N–H and O–H groups in total. The summed E-state index contributed by atoms with van der Waals surface area (Å²) < 4.78 is 36.9. The van der Waals surface area contributed by atoms with Crippen LogP contribution in [0.5, 0.6) is 0 Å². The van der Waals surface area contributed by atoms with E-state index >= 15 is 0 Å². The second-order valence-electron chi connectivity index (χ2n) is 6.57. The number of alkyl carbamates (subject to hydrolysis) is 1. The first-order valence-electron chi connectivity index (χ1n) is 7.43. The van der Waals surface area contributed by atoms with Gasteiger partial charge in [-0.1, -0.05) is 37.3 Å². The molecule has 0 aromatic heterocycles. The van der Waals surface area contributed by atoms with Gasteiger partial charge in [-0.2, -0.15) is 8.42 Å². The third-order valence-corrected chi connectivity index (χ3v) is 4.87. The van der Waals surface area contributed by atoms with Gasteiger partial charge < -0.3 is 10.1 Å². The fourth-order valence-corrected chi connectivity index (χ4v) is 2.91. The molecule has 0 aromatic rings. The van der Waals surface area contributed by atoms with Crippen LogP contribution in [0.15, 0.2) is 36.0 Å². The summed E-state index contributed by atoms with van der Waals surface area (Å²) in [6, 6.07) is -0.958. The van der Waals surface area contributed by atoms with Crippen molar-refractivity contribution in [3.63, 3.8) is 0 Å². The summed E-state index contributed by atoms with van der Waals surface area (Å²) in [5.41, 5.74) is -0.146. The van der Waals surface area contributed by atoms with Crippen LogP contribution in [0.3, 0.4) is 0 Å². The average Bonchev–Trinajstić information content (AvgIpc) is 2.36. The van der Waals surface area contributed by atoms with Gasteiger partial charge in [-0.25, -0.2) is 4.79 Å². The van der Waals surface area contributed by atoms with Crippen LogP contribution in [0.1, 0.15) is 41.0 Å². The van der Waals surface area contributed by atoms with Gasteiger partial charge in [0, 0.05) is 0 Å². The molecule has 1 amide bonds. The molecule has 6 nitrogen and oxygen atoms in total. The van der Waals surface area contributed by atoms with Gasteiger partial charge in [0.15, 0.2) is 0 Å². The van der Waals surface area contributed by atoms with Gasteiger partial charge in [0.25, 0.3) is 10.1 Å². The van der Waals surface area contributed by atoms with Crippen molar-refractivity contribution in [1.29, 1.82) is 0 Å². The molecule has 1 rings (SSSR count). The minimum absolute atomic E-state index is 0.570. The molecule has 1 aliphatic carbocycles. The molecule has 0 bridgehead atoms. The molecule has 0 spiro atoms. The number of nitrogens with one attached hydrogen (secondary N) is 1. The third kappa shape index (κ3) is 4.94. The lowest BCUT2D eigenvalue weighted by Crippen LogP contribution is -2.56. The molecular weight excluding hydrogens is 318 g/mol. The molecule has 7 heteroatoms. The molecule has 0 fully saturated rings. The van der Waals surface area contributed by atoms with E-state index in [1.807, 2.05) is 13.0 Å². The minimum atomic E-state index is -4.45. The molecule has 1 unspecified atom stereocenters.